The maximum atomic E-state index is 10.4. The first-order valence-corrected chi connectivity index (χ1v) is 4.60. The maximum Gasteiger partial charge on any atom is 0.333 e. The summed E-state index contributed by atoms with van der Waals surface area (Å²) in [5, 5.41) is 8.44. The highest BCUT2D eigenvalue weighted by atomic mass is 32.2. The second-order valence-electron chi connectivity index (χ2n) is 2.20. The number of rotatable bonds is 3. The lowest BCUT2D eigenvalue weighted by atomic mass is 10.5. The number of aromatic nitrogens is 2. The van der Waals surface area contributed by atoms with Crippen molar-refractivity contribution in [2.75, 3.05) is 0 Å². The first-order chi connectivity index (χ1) is 5.49. The van der Waals surface area contributed by atoms with Crippen LogP contribution in [0.3, 0.4) is 0 Å². The van der Waals surface area contributed by atoms with Crippen molar-refractivity contribution in [2.45, 2.75) is 6.61 Å². The molecule has 0 unspecified atom stereocenters. The van der Waals surface area contributed by atoms with Gasteiger partial charge in [-0.05, 0) is 6.07 Å². The Hall–Kier alpha value is -0.920. The van der Waals surface area contributed by atoms with Crippen molar-refractivity contribution in [3.63, 3.8) is 0 Å². The molecule has 1 heterocycles. The topological polar surface area (TPSA) is 87.2 Å². The third-order valence-electron chi connectivity index (χ3n) is 1.29. The van der Waals surface area contributed by atoms with E-state index in [4.69, 9.17) is 0 Å². The van der Waals surface area contributed by atoms with Gasteiger partial charge >= 0.3 is 10.3 Å². The smallest absolute Gasteiger partial charge is 0.270 e. The lowest BCUT2D eigenvalue weighted by Crippen LogP contribution is -2.16. The average Bonchev–Trinajstić information content (AvgIpc) is 2.29. The molecule has 0 amide bonds. The van der Waals surface area contributed by atoms with E-state index in [-0.39, 0.29) is 6.61 Å². The van der Waals surface area contributed by atoms with Crippen LogP contribution in [-0.2, 0) is 28.1 Å². The van der Waals surface area contributed by atoms with Crippen molar-refractivity contribution in [1.29, 1.82) is 0 Å². The number of aryl methyl sites for hydroxylation is 1. The highest BCUT2D eigenvalue weighted by Gasteiger charge is 2.04. The first kappa shape index (κ1) is 9.17. The molecule has 0 aromatic carbocycles. The summed E-state index contributed by atoms with van der Waals surface area (Å²) < 4.78 is 26.6. The molecule has 1 aromatic rings. The monoisotopic (exact) mass is 191 g/mol. The van der Waals surface area contributed by atoms with E-state index < -0.39 is 10.3 Å². The van der Waals surface area contributed by atoms with E-state index in [0.29, 0.717) is 5.69 Å². The second-order valence-corrected chi connectivity index (χ2v) is 3.42. The predicted molar refractivity (Wildman–Crippen MR) is 41.1 cm³/mol. The first-order valence-electron chi connectivity index (χ1n) is 3.13. The minimum Gasteiger partial charge on any atom is -0.270 e. The Morgan fingerprint density at radius 1 is 1.75 bits per heavy atom. The number of nitrogens with two attached hydrogens (primary N) is 1. The van der Waals surface area contributed by atoms with Crippen LogP contribution in [0.15, 0.2) is 12.3 Å². The van der Waals surface area contributed by atoms with Crippen LogP contribution in [-0.4, -0.2) is 18.2 Å². The van der Waals surface area contributed by atoms with Gasteiger partial charge in [-0.1, -0.05) is 0 Å². The molecule has 7 heteroatoms. The van der Waals surface area contributed by atoms with Gasteiger partial charge in [0.25, 0.3) is 0 Å². The van der Waals surface area contributed by atoms with E-state index in [1.807, 2.05) is 0 Å². The summed E-state index contributed by atoms with van der Waals surface area (Å²) in [7, 11) is -2.18. The lowest BCUT2D eigenvalue weighted by molar-refractivity contribution is 0.298. The Morgan fingerprint density at radius 3 is 2.83 bits per heavy atom. The molecule has 6 nitrogen and oxygen atoms in total. The highest BCUT2D eigenvalue weighted by Crippen LogP contribution is 1.99. The zero-order valence-electron chi connectivity index (χ0n) is 6.47. The van der Waals surface area contributed by atoms with Gasteiger partial charge < -0.3 is 0 Å². The van der Waals surface area contributed by atoms with Crippen molar-refractivity contribution >= 4 is 10.3 Å². The van der Waals surface area contributed by atoms with E-state index in [9.17, 15) is 8.42 Å². The molecule has 0 atom stereocenters. The molecule has 0 spiro atoms. The fourth-order valence-electron chi connectivity index (χ4n) is 0.685. The number of hydrogen-bond acceptors (Lipinski definition) is 4. The van der Waals surface area contributed by atoms with E-state index in [1.54, 1.807) is 19.3 Å². The number of nitrogens with zero attached hydrogens (tertiary/aromatic N) is 2. The summed E-state index contributed by atoms with van der Waals surface area (Å²) in [6, 6.07) is 1.64. The zero-order chi connectivity index (χ0) is 9.19. The minimum absolute atomic E-state index is 0.0880. The van der Waals surface area contributed by atoms with Gasteiger partial charge in [0.2, 0.25) is 0 Å². The van der Waals surface area contributed by atoms with Gasteiger partial charge in [0.15, 0.2) is 0 Å². The fourth-order valence-corrected chi connectivity index (χ4v) is 0.970. The molecule has 0 saturated carbocycles. The van der Waals surface area contributed by atoms with Gasteiger partial charge in [-0.25, -0.2) is 5.14 Å². The summed E-state index contributed by atoms with van der Waals surface area (Å²) in [6.45, 7) is -0.0880. The van der Waals surface area contributed by atoms with Crippen LogP contribution in [0, 0.1) is 0 Å². The molecule has 0 bridgehead atoms. The SMILES string of the molecule is Cn1nccc1COS(N)(=O)=O. The fraction of sp³-hybridized carbons (Fsp3) is 0.400. The van der Waals surface area contributed by atoms with Crippen LogP contribution in [0.2, 0.25) is 0 Å². The average molecular weight is 191 g/mol. The third-order valence-corrected chi connectivity index (χ3v) is 1.74. The van der Waals surface area contributed by atoms with Crippen molar-refractivity contribution in [1.82, 2.24) is 9.78 Å². The van der Waals surface area contributed by atoms with Gasteiger partial charge in [-0.15, -0.1) is 0 Å². The van der Waals surface area contributed by atoms with Crippen molar-refractivity contribution in [3.8, 4) is 0 Å². The third kappa shape index (κ3) is 2.61. The molecule has 0 saturated heterocycles. The Balaban J connectivity index is 2.61. The van der Waals surface area contributed by atoms with Crippen LogP contribution >= 0.6 is 0 Å². The summed E-state index contributed by atoms with van der Waals surface area (Å²) in [4.78, 5) is 0. The van der Waals surface area contributed by atoms with Gasteiger partial charge in [-0.2, -0.15) is 13.5 Å². The summed E-state index contributed by atoms with van der Waals surface area (Å²) in [5.41, 5.74) is 0.643. The van der Waals surface area contributed by atoms with Crippen molar-refractivity contribution in [3.05, 3.63) is 18.0 Å². The van der Waals surface area contributed by atoms with Gasteiger partial charge in [-0.3, -0.25) is 8.86 Å². The molecule has 1 rings (SSSR count). The largest absolute Gasteiger partial charge is 0.333 e. The van der Waals surface area contributed by atoms with Crippen molar-refractivity contribution < 1.29 is 12.6 Å². The van der Waals surface area contributed by atoms with E-state index in [1.165, 1.54) is 4.68 Å². The Bertz CT molecular complexity index is 356. The summed E-state index contributed by atoms with van der Waals surface area (Å²) in [6.07, 6.45) is 1.54. The molecule has 12 heavy (non-hydrogen) atoms. The van der Waals surface area contributed by atoms with E-state index in [2.05, 4.69) is 14.4 Å². The van der Waals surface area contributed by atoms with Gasteiger partial charge in [0.1, 0.15) is 6.61 Å². The van der Waals surface area contributed by atoms with E-state index >= 15 is 0 Å². The molecule has 1 aromatic heterocycles. The van der Waals surface area contributed by atoms with Crippen molar-refractivity contribution in [2.24, 2.45) is 12.2 Å². The normalized spacial score (nSPS) is 11.8. The van der Waals surface area contributed by atoms with Gasteiger partial charge in [0, 0.05) is 13.2 Å². The molecular weight excluding hydrogens is 182 g/mol. The molecule has 0 aliphatic heterocycles. The number of hydrogen-bond donors (Lipinski definition) is 1. The van der Waals surface area contributed by atoms with Crippen LogP contribution < -0.4 is 5.14 Å². The molecule has 0 aliphatic carbocycles. The quantitative estimate of drug-likeness (QED) is 0.673. The molecule has 0 radical (unpaired) electrons. The molecule has 0 aliphatic rings. The molecular formula is C5H9N3O3S. The van der Waals surface area contributed by atoms with Crippen LogP contribution in [0.1, 0.15) is 5.69 Å². The van der Waals surface area contributed by atoms with Crippen LogP contribution in [0.25, 0.3) is 0 Å². The van der Waals surface area contributed by atoms with Gasteiger partial charge in [0.05, 0.1) is 5.69 Å². The second kappa shape index (κ2) is 3.21. The minimum atomic E-state index is -3.86. The lowest BCUT2D eigenvalue weighted by Gasteiger charge is -2.00. The highest BCUT2D eigenvalue weighted by molar-refractivity contribution is 7.84. The van der Waals surface area contributed by atoms with Crippen LogP contribution in [0.5, 0.6) is 0 Å². The van der Waals surface area contributed by atoms with Crippen LogP contribution in [0.4, 0.5) is 0 Å². The summed E-state index contributed by atoms with van der Waals surface area (Å²) >= 11 is 0. The predicted octanol–water partition coefficient (Wildman–Crippen LogP) is -0.860. The van der Waals surface area contributed by atoms with E-state index in [0.717, 1.165) is 0 Å². The molecule has 2 N–H and O–H groups in total. The summed E-state index contributed by atoms with van der Waals surface area (Å²) in [5.74, 6) is 0. The standard InChI is InChI=1S/C5H9N3O3S/c1-8-5(2-3-7-8)4-11-12(6,9)10/h2-3H,4H2,1H3,(H2,6,9,10). The Kier molecular flexibility index (Phi) is 2.46. The molecule has 0 fully saturated rings. The zero-order valence-corrected chi connectivity index (χ0v) is 7.28. The Morgan fingerprint density at radius 2 is 2.42 bits per heavy atom. The maximum absolute atomic E-state index is 10.4. The Labute approximate surface area is 70.2 Å². The molecule has 68 valence electrons.